The van der Waals surface area contributed by atoms with Gasteiger partial charge in [-0.2, -0.15) is 4.99 Å². The highest BCUT2D eigenvalue weighted by Gasteiger charge is 2.08. The van der Waals surface area contributed by atoms with Crippen LogP contribution in [-0.2, 0) is 0 Å². The van der Waals surface area contributed by atoms with Gasteiger partial charge in [-0.25, -0.2) is 0 Å². The summed E-state index contributed by atoms with van der Waals surface area (Å²) in [5, 5.41) is 0. The quantitative estimate of drug-likeness (QED) is 0.542. The molecule has 4 nitrogen and oxygen atoms in total. The van der Waals surface area contributed by atoms with Crippen molar-refractivity contribution in [2.24, 2.45) is 4.99 Å². The van der Waals surface area contributed by atoms with Crippen molar-refractivity contribution in [1.29, 1.82) is 0 Å². The lowest BCUT2D eigenvalue weighted by Gasteiger charge is -2.03. The number of aromatic nitrogens is 1. The van der Waals surface area contributed by atoms with E-state index < -0.39 is 0 Å². The summed E-state index contributed by atoms with van der Waals surface area (Å²) >= 11 is 0. The lowest BCUT2D eigenvalue weighted by atomic mass is 10.1. The van der Waals surface area contributed by atoms with Gasteiger partial charge in [0.1, 0.15) is 5.69 Å². The summed E-state index contributed by atoms with van der Waals surface area (Å²) < 4.78 is 0. The topological polar surface area (TPSA) is 45.6 Å². The molecule has 0 atom stereocenters. The van der Waals surface area contributed by atoms with Crippen molar-refractivity contribution in [3.8, 4) is 0 Å². The first-order valence-electron chi connectivity index (χ1n) is 4.69. The van der Waals surface area contributed by atoms with Gasteiger partial charge in [-0.05, 0) is 25.0 Å². The lowest BCUT2D eigenvalue weighted by molar-refractivity contribution is 0.0997. The molecular formula is C11H15N3O. The van der Waals surface area contributed by atoms with E-state index in [4.69, 9.17) is 0 Å². The van der Waals surface area contributed by atoms with Gasteiger partial charge in [0, 0.05) is 20.3 Å². The number of hydrogen-bond acceptors (Lipinski definition) is 2. The summed E-state index contributed by atoms with van der Waals surface area (Å²) in [7, 11) is 3.62. The Morgan fingerprint density at radius 3 is 2.67 bits per heavy atom. The Labute approximate surface area is 89.7 Å². The van der Waals surface area contributed by atoms with E-state index in [1.54, 1.807) is 11.1 Å². The predicted octanol–water partition coefficient (Wildman–Crippen LogP) is 1.43. The summed E-state index contributed by atoms with van der Waals surface area (Å²) in [5.74, 6) is -0.304. The maximum Gasteiger partial charge on any atom is 0.297 e. The molecule has 0 aliphatic heterocycles. The van der Waals surface area contributed by atoms with Gasteiger partial charge in [-0.15, -0.1) is 0 Å². The van der Waals surface area contributed by atoms with Crippen LogP contribution < -0.4 is 0 Å². The molecule has 0 aliphatic rings. The standard InChI is InChI=1S/C11H15N3O/c1-8-5-9(2)10(12-6-8)11(15)13-7-14(3)4/h5-7H,1-4H3. The second-order valence-corrected chi connectivity index (χ2v) is 3.69. The highest BCUT2D eigenvalue weighted by atomic mass is 16.1. The normalized spacial score (nSPS) is 10.7. The molecule has 1 aromatic rings. The fraction of sp³-hybridized carbons (Fsp3) is 0.364. The summed E-state index contributed by atoms with van der Waals surface area (Å²) in [6.45, 7) is 3.80. The summed E-state index contributed by atoms with van der Waals surface area (Å²) in [4.78, 5) is 21.2. The smallest absolute Gasteiger partial charge is 0.297 e. The fourth-order valence-corrected chi connectivity index (χ4v) is 1.17. The maximum atomic E-state index is 11.6. The Hall–Kier alpha value is -1.71. The van der Waals surface area contributed by atoms with Crippen molar-refractivity contribution >= 4 is 12.2 Å². The predicted molar refractivity (Wildman–Crippen MR) is 60.2 cm³/mol. The Bertz CT molecular complexity index is 397. The van der Waals surface area contributed by atoms with Crippen molar-refractivity contribution in [1.82, 2.24) is 9.88 Å². The highest BCUT2D eigenvalue weighted by molar-refractivity contribution is 5.98. The van der Waals surface area contributed by atoms with Gasteiger partial charge in [0.2, 0.25) is 0 Å². The lowest BCUT2D eigenvalue weighted by Crippen LogP contribution is -2.11. The van der Waals surface area contributed by atoms with Gasteiger partial charge in [-0.3, -0.25) is 9.78 Å². The van der Waals surface area contributed by atoms with Gasteiger partial charge in [-0.1, -0.05) is 6.07 Å². The molecule has 0 radical (unpaired) electrons. The third-order valence-electron chi connectivity index (χ3n) is 1.82. The van der Waals surface area contributed by atoms with Crippen LogP contribution >= 0.6 is 0 Å². The molecule has 0 aromatic carbocycles. The summed E-state index contributed by atoms with van der Waals surface area (Å²) in [6, 6.07) is 1.92. The minimum Gasteiger partial charge on any atom is -0.369 e. The van der Waals surface area contributed by atoms with E-state index in [9.17, 15) is 4.79 Å². The SMILES string of the molecule is Cc1cnc(C(=O)N=CN(C)C)c(C)c1. The number of aliphatic imine (C=N–C) groups is 1. The third-order valence-corrected chi connectivity index (χ3v) is 1.82. The number of aryl methyl sites for hydroxylation is 2. The van der Waals surface area contributed by atoms with Gasteiger partial charge < -0.3 is 4.90 Å². The molecule has 0 saturated heterocycles. The Kier molecular flexibility index (Phi) is 3.55. The zero-order chi connectivity index (χ0) is 11.4. The van der Waals surface area contributed by atoms with E-state index >= 15 is 0 Å². The first-order valence-corrected chi connectivity index (χ1v) is 4.69. The van der Waals surface area contributed by atoms with E-state index in [1.807, 2.05) is 34.0 Å². The Balaban J connectivity index is 2.92. The van der Waals surface area contributed by atoms with Crippen LogP contribution in [0.25, 0.3) is 0 Å². The molecule has 0 saturated carbocycles. The molecule has 1 aromatic heterocycles. The van der Waals surface area contributed by atoms with Gasteiger partial charge >= 0.3 is 0 Å². The number of amides is 1. The van der Waals surface area contributed by atoms with Crippen molar-refractivity contribution < 1.29 is 4.79 Å². The van der Waals surface area contributed by atoms with Crippen LogP contribution in [0.3, 0.4) is 0 Å². The van der Waals surface area contributed by atoms with Crippen LogP contribution in [0, 0.1) is 13.8 Å². The molecule has 1 amide bonds. The van der Waals surface area contributed by atoms with Crippen LogP contribution in [0.15, 0.2) is 17.3 Å². The largest absolute Gasteiger partial charge is 0.369 e. The first kappa shape index (κ1) is 11.4. The monoisotopic (exact) mass is 205 g/mol. The number of hydrogen-bond donors (Lipinski definition) is 0. The van der Waals surface area contributed by atoms with E-state index in [0.717, 1.165) is 11.1 Å². The van der Waals surface area contributed by atoms with Crippen LogP contribution in [0.4, 0.5) is 0 Å². The number of carbonyl (C=O) groups is 1. The number of nitrogens with zero attached hydrogens (tertiary/aromatic N) is 3. The molecule has 80 valence electrons. The molecule has 0 aliphatic carbocycles. The van der Waals surface area contributed by atoms with Crippen molar-refractivity contribution in [3.05, 3.63) is 29.1 Å². The van der Waals surface area contributed by atoms with Crippen molar-refractivity contribution in [3.63, 3.8) is 0 Å². The molecule has 1 rings (SSSR count). The molecule has 0 N–H and O–H groups in total. The second kappa shape index (κ2) is 4.68. The molecule has 0 bridgehead atoms. The number of pyridine rings is 1. The minimum atomic E-state index is -0.304. The second-order valence-electron chi connectivity index (χ2n) is 3.69. The van der Waals surface area contributed by atoms with E-state index in [1.165, 1.54) is 6.34 Å². The fourth-order valence-electron chi connectivity index (χ4n) is 1.17. The molecule has 0 spiro atoms. The van der Waals surface area contributed by atoms with Crippen molar-refractivity contribution in [2.45, 2.75) is 13.8 Å². The highest BCUT2D eigenvalue weighted by Crippen LogP contribution is 2.07. The summed E-state index contributed by atoms with van der Waals surface area (Å²) in [5.41, 5.74) is 2.32. The molecule has 15 heavy (non-hydrogen) atoms. The molecule has 0 unspecified atom stereocenters. The van der Waals surface area contributed by atoms with Crippen LogP contribution in [0.1, 0.15) is 21.6 Å². The summed E-state index contributed by atoms with van der Waals surface area (Å²) in [6.07, 6.45) is 3.15. The molecule has 1 heterocycles. The van der Waals surface area contributed by atoms with Gasteiger partial charge in [0.15, 0.2) is 0 Å². The average Bonchev–Trinajstić information content (AvgIpc) is 2.14. The zero-order valence-corrected chi connectivity index (χ0v) is 9.48. The van der Waals surface area contributed by atoms with Crippen LogP contribution in [0.2, 0.25) is 0 Å². The van der Waals surface area contributed by atoms with Gasteiger partial charge in [0.05, 0.1) is 6.34 Å². The molecule has 4 heteroatoms. The van der Waals surface area contributed by atoms with Gasteiger partial charge in [0.25, 0.3) is 5.91 Å². The maximum absolute atomic E-state index is 11.6. The Morgan fingerprint density at radius 1 is 1.47 bits per heavy atom. The first-order chi connectivity index (χ1) is 7.00. The van der Waals surface area contributed by atoms with E-state index in [2.05, 4.69) is 9.98 Å². The zero-order valence-electron chi connectivity index (χ0n) is 9.48. The number of rotatable bonds is 2. The minimum absolute atomic E-state index is 0.304. The third kappa shape index (κ3) is 3.16. The van der Waals surface area contributed by atoms with Crippen LogP contribution in [-0.4, -0.2) is 36.2 Å². The van der Waals surface area contributed by atoms with E-state index in [-0.39, 0.29) is 5.91 Å². The average molecular weight is 205 g/mol. The van der Waals surface area contributed by atoms with E-state index in [0.29, 0.717) is 5.69 Å². The molecular weight excluding hydrogens is 190 g/mol. The number of carbonyl (C=O) groups excluding carboxylic acids is 1. The Morgan fingerprint density at radius 2 is 2.13 bits per heavy atom. The van der Waals surface area contributed by atoms with Crippen molar-refractivity contribution in [2.75, 3.05) is 14.1 Å². The molecule has 0 fully saturated rings. The van der Waals surface area contributed by atoms with Crippen LogP contribution in [0.5, 0.6) is 0 Å².